The molecule has 1 aromatic heterocycles. The summed E-state index contributed by atoms with van der Waals surface area (Å²) in [4.78, 5) is 4.64. The van der Waals surface area contributed by atoms with Gasteiger partial charge in [-0.05, 0) is 30.2 Å². The molecule has 0 fully saturated rings. The summed E-state index contributed by atoms with van der Waals surface area (Å²) in [5.41, 5.74) is 3.45. The normalized spacial score (nSPS) is 11.6. The molecular formula is C23H19ClN2O3S. The largest absolute Gasteiger partial charge is 0.440 e. The van der Waals surface area contributed by atoms with Crippen LogP contribution in [0.2, 0.25) is 5.02 Å². The van der Waals surface area contributed by atoms with E-state index >= 15 is 0 Å². The molecule has 0 aliphatic rings. The summed E-state index contributed by atoms with van der Waals surface area (Å²) in [7, 11) is -3.95. The van der Waals surface area contributed by atoms with Crippen molar-refractivity contribution >= 4 is 21.6 Å². The molecular weight excluding hydrogens is 420 g/mol. The van der Waals surface area contributed by atoms with Crippen molar-refractivity contribution in [2.24, 2.45) is 5.14 Å². The maximum atomic E-state index is 12.2. The molecule has 0 saturated heterocycles. The number of aromatic nitrogens is 1. The molecule has 2 N–H and O–H groups in total. The maximum Gasteiger partial charge on any atom is 0.238 e. The number of primary sulfonamides is 1. The maximum absolute atomic E-state index is 12.2. The van der Waals surface area contributed by atoms with Crippen LogP contribution in [0.4, 0.5) is 0 Å². The Kier molecular flexibility index (Phi) is 5.47. The molecule has 30 heavy (non-hydrogen) atoms. The average Bonchev–Trinajstić information content (AvgIpc) is 3.14. The van der Waals surface area contributed by atoms with Gasteiger partial charge in [0.05, 0.1) is 4.90 Å². The molecule has 7 heteroatoms. The van der Waals surface area contributed by atoms with Gasteiger partial charge in [0, 0.05) is 22.6 Å². The summed E-state index contributed by atoms with van der Waals surface area (Å²) in [6.07, 6.45) is 0.463. The lowest BCUT2D eigenvalue weighted by Gasteiger charge is -2.07. The van der Waals surface area contributed by atoms with Gasteiger partial charge in [0.2, 0.25) is 10.0 Å². The predicted molar refractivity (Wildman–Crippen MR) is 118 cm³/mol. The summed E-state index contributed by atoms with van der Waals surface area (Å²) in [5, 5.41) is 6.03. The molecule has 0 aliphatic carbocycles. The van der Waals surface area contributed by atoms with Crippen molar-refractivity contribution in [1.29, 1.82) is 0 Å². The first-order chi connectivity index (χ1) is 14.3. The molecule has 4 rings (SSSR count). The van der Waals surface area contributed by atoms with Gasteiger partial charge < -0.3 is 4.42 Å². The molecule has 0 radical (unpaired) electrons. The third-order valence-electron chi connectivity index (χ3n) is 4.75. The van der Waals surface area contributed by atoms with Gasteiger partial charge in [-0.25, -0.2) is 18.5 Å². The zero-order valence-corrected chi connectivity index (χ0v) is 17.7. The van der Waals surface area contributed by atoms with E-state index in [2.05, 4.69) is 4.98 Å². The van der Waals surface area contributed by atoms with Crippen LogP contribution in [0.25, 0.3) is 22.6 Å². The number of benzene rings is 3. The van der Waals surface area contributed by atoms with E-state index in [-0.39, 0.29) is 4.90 Å². The van der Waals surface area contributed by atoms with Gasteiger partial charge in [0.25, 0.3) is 0 Å². The monoisotopic (exact) mass is 438 g/mol. The van der Waals surface area contributed by atoms with Crippen LogP contribution in [-0.2, 0) is 16.4 Å². The highest BCUT2D eigenvalue weighted by Crippen LogP contribution is 2.37. The highest BCUT2D eigenvalue weighted by Gasteiger charge is 2.23. The summed E-state index contributed by atoms with van der Waals surface area (Å²) >= 11 is 6.32. The predicted octanol–water partition coefficient (Wildman–Crippen LogP) is 5.21. The molecule has 0 saturated carbocycles. The van der Waals surface area contributed by atoms with Crippen molar-refractivity contribution in [2.45, 2.75) is 18.2 Å². The minimum atomic E-state index is -3.95. The van der Waals surface area contributed by atoms with E-state index in [4.69, 9.17) is 21.2 Å². The van der Waals surface area contributed by atoms with Gasteiger partial charge in [-0.15, -0.1) is 0 Å². The van der Waals surface area contributed by atoms with Crippen molar-refractivity contribution in [1.82, 2.24) is 4.98 Å². The molecule has 5 nitrogen and oxygen atoms in total. The van der Waals surface area contributed by atoms with Gasteiger partial charge in [0.1, 0.15) is 5.69 Å². The van der Waals surface area contributed by atoms with Crippen LogP contribution in [-0.4, -0.2) is 13.4 Å². The fourth-order valence-electron chi connectivity index (χ4n) is 3.23. The topological polar surface area (TPSA) is 86.2 Å². The lowest BCUT2D eigenvalue weighted by molar-refractivity contribution is 0.519. The van der Waals surface area contributed by atoms with Crippen molar-refractivity contribution in [3.05, 3.63) is 94.8 Å². The van der Waals surface area contributed by atoms with E-state index in [0.29, 0.717) is 39.9 Å². The van der Waals surface area contributed by atoms with Crippen molar-refractivity contribution in [2.75, 3.05) is 0 Å². The lowest BCUT2D eigenvalue weighted by Crippen LogP contribution is -2.13. The molecule has 0 amide bonds. The summed E-state index contributed by atoms with van der Waals surface area (Å²) in [6.45, 7) is 1.91. The highest BCUT2D eigenvalue weighted by molar-refractivity contribution is 7.89. The van der Waals surface area contributed by atoms with Crippen LogP contribution >= 0.6 is 11.6 Å². The molecule has 152 valence electrons. The van der Waals surface area contributed by atoms with Crippen LogP contribution in [0, 0.1) is 6.92 Å². The van der Waals surface area contributed by atoms with E-state index in [9.17, 15) is 8.42 Å². The number of rotatable bonds is 5. The second-order valence-corrected chi connectivity index (χ2v) is 8.89. The fraction of sp³-hybridized carbons (Fsp3) is 0.0870. The van der Waals surface area contributed by atoms with Crippen LogP contribution in [0.1, 0.15) is 17.0 Å². The number of nitrogens with two attached hydrogens (primary N) is 1. The minimum Gasteiger partial charge on any atom is -0.440 e. The Morgan fingerprint density at radius 3 is 2.40 bits per heavy atom. The third-order valence-corrected chi connectivity index (χ3v) is 6.13. The summed E-state index contributed by atoms with van der Waals surface area (Å²) < 4.78 is 30.5. The zero-order valence-electron chi connectivity index (χ0n) is 16.2. The fourth-order valence-corrected chi connectivity index (χ4v) is 4.15. The summed E-state index contributed by atoms with van der Waals surface area (Å²) in [6, 6.07) is 21.8. The number of oxazole rings is 1. The molecule has 4 aromatic rings. The molecule has 3 aromatic carbocycles. The molecule has 0 bridgehead atoms. The smallest absolute Gasteiger partial charge is 0.238 e. The van der Waals surface area contributed by atoms with Crippen molar-refractivity contribution in [3.63, 3.8) is 0 Å². The molecule has 0 atom stereocenters. The SMILES string of the molecule is Cc1ccc(-c2oc(Cc3ccccc3)nc2-c2ccccc2S(N)(=O)=O)cc1Cl. The highest BCUT2D eigenvalue weighted by atomic mass is 35.5. The first-order valence-electron chi connectivity index (χ1n) is 9.25. The second-order valence-electron chi connectivity index (χ2n) is 6.95. The van der Waals surface area contributed by atoms with E-state index in [1.807, 2.05) is 49.4 Å². The van der Waals surface area contributed by atoms with Gasteiger partial charge in [0.15, 0.2) is 11.7 Å². The summed E-state index contributed by atoms with van der Waals surface area (Å²) in [5.74, 6) is 0.908. The Hall–Kier alpha value is -2.93. The van der Waals surface area contributed by atoms with Gasteiger partial charge in [-0.1, -0.05) is 72.3 Å². The van der Waals surface area contributed by atoms with Crippen LogP contribution < -0.4 is 5.14 Å². The van der Waals surface area contributed by atoms with E-state index < -0.39 is 10.0 Å². The third kappa shape index (κ3) is 4.16. The molecule has 1 heterocycles. The zero-order chi connectivity index (χ0) is 21.3. The van der Waals surface area contributed by atoms with E-state index in [0.717, 1.165) is 11.1 Å². The van der Waals surface area contributed by atoms with Crippen molar-refractivity contribution in [3.8, 4) is 22.6 Å². The van der Waals surface area contributed by atoms with Gasteiger partial charge in [-0.2, -0.15) is 0 Å². The molecule has 0 spiro atoms. The molecule has 0 unspecified atom stereocenters. The second kappa shape index (κ2) is 8.07. The van der Waals surface area contributed by atoms with Crippen LogP contribution in [0.5, 0.6) is 0 Å². The Balaban J connectivity index is 1.92. The Morgan fingerprint density at radius 2 is 1.70 bits per heavy atom. The Labute approximate surface area is 180 Å². The number of nitrogens with zero attached hydrogens (tertiary/aromatic N) is 1. The van der Waals surface area contributed by atoms with Gasteiger partial charge in [-0.3, -0.25) is 0 Å². The van der Waals surface area contributed by atoms with Crippen molar-refractivity contribution < 1.29 is 12.8 Å². The number of halogens is 1. The number of hydrogen-bond acceptors (Lipinski definition) is 4. The first-order valence-corrected chi connectivity index (χ1v) is 11.2. The minimum absolute atomic E-state index is 0.0102. The number of hydrogen-bond donors (Lipinski definition) is 1. The first kappa shape index (κ1) is 20.3. The van der Waals surface area contributed by atoms with Crippen LogP contribution in [0.3, 0.4) is 0 Å². The Morgan fingerprint density at radius 1 is 1.00 bits per heavy atom. The van der Waals surface area contributed by atoms with Gasteiger partial charge >= 0.3 is 0 Å². The number of aryl methyl sites for hydroxylation is 1. The standard InChI is InChI=1S/C23H19ClN2O3S/c1-15-11-12-17(14-19(15)24)23-22(18-9-5-6-10-20(18)30(25,27)28)26-21(29-23)13-16-7-3-2-4-8-16/h2-12,14H,13H2,1H3,(H2,25,27,28). The van der Waals surface area contributed by atoms with E-state index in [1.54, 1.807) is 24.3 Å². The van der Waals surface area contributed by atoms with E-state index in [1.165, 1.54) is 6.07 Å². The Bertz CT molecular complexity index is 1320. The average molecular weight is 439 g/mol. The quantitative estimate of drug-likeness (QED) is 0.463. The number of sulfonamides is 1. The lowest BCUT2D eigenvalue weighted by atomic mass is 10.0. The van der Waals surface area contributed by atoms with Crippen LogP contribution in [0.15, 0.2) is 82.1 Å². The molecule has 0 aliphatic heterocycles.